The molecule has 0 amide bonds. The summed E-state index contributed by atoms with van der Waals surface area (Å²) in [5, 5.41) is 2.97. The quantitative estimate of drug-likeness (QED) is 0.514. The topological polar surface area (TPSA) is 12.0 Å². The molecule has 0 aliphatic rings. The van der Waals surface area contributed by atoms with Gasteiger partial charge in [-0.1, -0.05) is 12.2 Å². The molecule has 0 heterocycles. The first kappa shape index (κ1) is 6.57. The summed E-state index contributed by atoms with van der Waals surface area (Å²) in [6.07, 6.45) is 0. The molecule has 39 valence electrons. The Hall–Kier alpha value is -0.430. The van der Waals surface area contributed by atoms with Crippen LogP contribution in [0.5, 0.6) is 0 Å². The van der Waals surface area contributed by atoms with Crippen LogP contribution in [0.4, 0.5) is 0 Å². The Morgan fingerprint density at radius 3 is 2.43 bits per heavy atom. The molecule has 0 aliphatic carbocycles. The summed E-state index contributed by atoms with van der Waals surface area (Å²) < 4.78 is 0. The fraction of sp³-hybridized carbons (Fsp3) is 0.333. The van der Waals surface area contributed by atoms with Crippen LogP contribution in [0, 0.1) is 13.8 Å². The van der Waals surface area contributed by atoms with E-state index < -0.39 is 0 Å². The van der Waals surface area contributed by atoms with Gasteiger partial charge in [0.15, 0.2) is 0 Å². The number of hydrogen-bond acceptors (Lipinski definition) is 1. The van der Waals surface area contributed by atoms with E-state index in [0.29, 0.717) is 0 Å². The summed E-state index contributed by atoms with van der Waals surface area (Å²) in [5.74, 6) is 0. The minimum Gasteiger partial charge on any atom is -0.275 e. The van der Waals surface area contributed by atoms with Gasteiger partial charge in [0, 0.05) is 6.54 Å². The van der Waals surface area contributed by atoms with Gasteiger partial charge in [-0.05, 0) is 6.92 Å². The highest BCUT2D eigenvalue weighted by Crippen LogP contribution is 1.77. The highest BCUT2D eigenvalue weighted by Gasteiger charge is 1.81. The molecule has 0 saturated carbocycles. The maximum absolute atomic E-state index is 3.59. The molecule has 1 radical (unpaired) electrons. The Labute approximate surface area is 45.4 Å². The van der Waals surface area contributed by atoms with Crippen LogP contribution in [-0.4, -0.2) is 13.1 Å². The normalized spacial score (nSPS) is 8.71. The maximum Gasteiger partial charge on any atom is 0.136 e. The van der Waals surface area contributed by atoms with Gasteiger partial charge in [0.1, 0.15) is 6.54 Å². The molecule has 0 spiro atoms. The Balaban J connectivity index is 2.82. The first-order valence-electron chi connectivity index (χ1n) is 2.27. The van der Waals surface area contributed by atoms with Gasteiger partial charge in [-0.15, -0.1) is 0 Å². The van der Waals surface area contributed by atoms with Crippen LogP contribution in [0.2, 0.25) is 0 Å². The zero-order chi connectivity index (χ0) is 5.70. The summed E-state index contributed by atoms with van der Waals surface area (Å²) in [7, 11) is 0. The summed E-state index contributed by atoms with van der Waals surface area (Å²) in [5.41, 5.74) is 0.906. The first-order chi connectivity index (χ1) is 3.27. The molecule has 7 heavy (non-hydrogen) atoms. The first-order valence-corrected chi connectivity index (χ1v) is 2.27. The fourth-order valence-electron chi connectivity index (χ4n) is 0.265. The predicted octanol–water partition coefficient (Wildman–Crippen LogP) is 0.800. The highest BCUT2D eigenvalue weighted by atomic mass is 14.8. The van der Waals surface area contributed by atoms with Crippen molar-refractivity contribution >= 4 is 0 Å². The molecule has 0 aromatic carbocycles. The van der Waals surface area contributed by atoms with Crippen molar-refractivity contribution in [2.24, 2.45) is 0 Å². The zero-order valence-corrected chi connectivity index (χ0v) is 4.54. The molecule has 1 N–H and O–H groups in total. The molecule has 0 unspecified atom stereocenters. The molecule has 0 saturated heterocycles. The van der Waals surface area contributed by atoms with Gasteiger partial charge in [0.05, 0.1) is 6.92 Å². The van der Waals surface area contributed by atoms with Gasteiger partial charge in [-0.2, -0.15) is 0 Å². The lowest BCUT2D eigenvalue weighted by Crippen LogP contribution is -2.14. The van der Waals surface area contributed by atoms with Crippen molar-refractivity contribution in [2.45, 2.75) is 0 Å². The number of rotatable bonds is 3. The summed E-state index contributed by atoms with van der Waals surface area (Å²) in [4.78, 5) is 0. The molecule has 0 fully saturated rings. The molecule has 0 aromatic heterocycles. The van der Waals surface area contributed by atoms with Gasteiger partial charge in [-0.25, -0.2) is 0 Å². The smallest absolute Gasteiger partial charge is 0.136 e. The summed E-state index contributed by atoms with van der Waals surface area (Å²) in [6, 6.07) is 0. The second-order valence-electron chi connectivity index (χ2n) is 1.43. The molecule has 0 atom stereocenters. The molecular weight excluding hydrogens is 86.1 g/mol. The summed E-state index contributed by atoms with van der Waals surface area (Å²) in [6.45, 7) is 12.3. The lowest BCUT2D eigenvalue weighted by Gasteiger charge is -1.92. The van der Waals surface area contributed by atoms with Crippen LogP contribution >= 0.6 is 0 Å². The van der Waals surface area contributed by atoms with Crippen LogP contribution in [0.15, 0.2) is 12.2 Å². The van der Waals surface area contributed by atoms with Crippen LogP contribution in [0.3, 0.4) is 0 Å². The van der Waals surface area contributed by atoms with E-state index in [2.05, 4.69) is 25.7 Å². The number of hydrogen-bond donors (Lipinski definition) is 1. The maximum atomic E-state index is 3.59. The lowest BCUT2D eigenvalue weighted by atomic mass is 10.3. The van der Waals surface area contributed by atoms with Crippen molar-refractivity contribution in [3.8, 4) is 0 Å². The van der Waals surface area contributed by atoms with Crippen LogP contribution in [-0.2, 0) is 0 Å². The van der Waals surface area contributed by atoms with Crippen molar-refractivity contribution in [3.05, 3.63) is 26.0 Å². The second kappa shape index (κ2) is 3.75. The predicted molar refractivity (Wildman–Crippen MR) is 32.7 cm³/mol. The van der Waals surface area contributed by atoms with Gasteiger partial charge in [0.2, 0.25) is 0 Å². The largest absolute Gasteiger partial charge is 0.275 e. The van der Waals surface area contributed by atoms with Crippen LogP contribution < -0.4 is 5.32 Å². The molecule has 0 rings (SSSR count). The average molecular weight is 97.2 g/mol. The molecule has 0 aromatic rings. The second-order valence-corrected chi connectivity index (χ2v) is 1.43. The summed E-state index contributed by atoms with van der Waals surface area (Å²) >= 11 is 0. The van der Waals surface area contributed by atoms with Crippen LogP contribution in [0.1, 0.15) is 0 Å². The third-order valence-electron chi connectivity index (χ3n) is 0.552. The van der Waals surface area contributed by atoms with E-state index >= 15 is 0 Å². The monoisotopic (exact) mass is 97.1 g/mol. The average Bonchev–Trinajstić information content (AvgIpc) is 1.61. The van der Waals surface area contributed by atoms with Crippen molar-refractivity contribution in [2.75, 3.05) is 13.1 Å². The van der Waals surface area contributed by atoms with Gasteiger partial charge in [0.25, 0.3) is 0 Å². The van der Waals surface area contributed by atoms with E-state index in [9.17, 15) is 0 Å². The van der Waals surface area contributed by atoms with Crippen molar-refractivity contribution < 1.29 is 0 Å². The Morgan fingerprint density at radius 2 is 2.29 bits per heavy atom. The van der Waals surface area contributed by atoms with E-state index in [0.717, 1.165) is 18.7 Å². The third kappa shape index (κ3) is 5.57. The van der Waals surface area contributed by atoms with Crippen LogP contribution in [0.25, 0.3) is 0 Å². The van der Waals surface area contributed by atoms with Gasteiger partial charge >= 0.3 is 0 Å². The van der Waals surface area contributed by atoms with E-state index in [1.165, 1.54) is 0 Å². The zero-order valence-electron chi connectivity index (χ0n) is 4.54. The standard InChI is InChI=1S/C6H11N/c1-4-7-5-6(2)3/h7H,1-5H2/q+1. The molecule has 1 nitrogen and oxygen atoms in total. The molecular formula is C6H11N+. The molecule has 0 aliphatic heterocycles. The SMILES string of the molecule is [CH2]C(=C)CNC[CH2+]. The minimum atomic E-state index is 0.745. The van der Waals surface area contributed by atoms with E-state index in [1.807, 2.05) is 0 Å². The van der Waals surface area contributed by atoms with E-state index in [4.69, 9.17) is 0 Å². The third-order valence-corrected chi connectivity index (χ3v) is 0.552. The number of nitrogens with one attached hydrogen (secondary N) is 1. The molecule has 1 heteroatoms. The Morgan fingerprint density at radius 1 is 1.71 bits per heavy atom. The Bertz CT molecular complexity index is 57.2. The fourth-order valence-corrected chi connectivity index (χ4v) is 0.265. The van der Waals surface area contributed by atoms with Crippen molar-refractivity contribution in [1.82, 2.24) is 5.32 Å². The highest BCUT2D eigenvalue weighted by molar-refractivity contribution is 4.99. The van der Waals surface area contributed by atoms with Crippen molar-refractivity contribution in [1.29, 1.82) is 0 Å². The lowest BCUT2D eigenvalue weighted by molar-refractivity contribution is 0.825. The minimum absolute atomic E-state index is 0.745. The van der Waals surface area contributed by atoms with Crippen molar-refractivity contribution in [3.63, 3.8) is 0 Å². The molecule has 0 bridgehead atoms. The van der Waals surface area contributed by atoms with Gasteiger partial charge < -0.3 is 0 Å². The van der Waals surface area contributed by atoms with Gasteiger partial charge in [-0.3, -0.25) is 5.32 Å². The van der Waals surface area contributed by atoms with E-state index in [1.54, 1.807) is 0 Å². The Kier molecular flexibility index (Phi) is 3.52. The van der Waals surface area contributed by atoms with E-state index in [-0.39, 0.29) is 0 Å².